The van der Waals surface area contributed by atoms with Crippen LogP contribution in [0.2, 0.25) is 5.02 Å². The maximum Gasteiger partial charge on any atom is 0.254 e. The number of rotatable bonds is 8. The van der Waals surface area contributed by atoms with Gasteiger partial charge >= 0.3 is 0 Å². The predicted molar refractivity (Wildman–Crippen MR) is 168 cm³/mol. The Labute approximate surface area is 253 Å². The molecular formula is C33H30ClFN6O2. The molecule has 43 heavy (non-hydrogen) atoms. The third-order valence-electron chi connectivity index (χ3n) is 7.70. The SMILES string of the molecule is O=C(NC(Cc1c[nH]c2ccccc12)C(=O)Nc1ccncc1)c1ccc(N2CCN(c3ccc(Cl)cc3)CC2)cc1F. The van der Waals surface area contributed by atoms with Crippen LogP contribution in [0.25, 0.3) is 10.9 Å². The van der Waals surface area contributed by atoms with E-state index in [1.807, 2.05) is 54.7 Å². The number of anilines is 3. The highest BCUT2D eigenvalue weighted by molar-refractivity contribution is 6.30. The number of H-pyrrole nitrogens is 1. The fourth-order valence-corrected chi connectivity index (χ4v) is 5.52. The molecule has 0 saturated carbocycles. The number of pyridine rings is 1. The van der Waals surface area contributed by atoms with Gasteiger partial charge in [0.05, 0.1) is 5.56 Å². The topological polar surface area (TPSA) is 93.4 Å². The van der Waals surface area contributed by atoms with Crippen LogP contribution in [0.3, 0.4) is 0 Å². The van der Waals surface area contributed by atoms with Gasteiger partial charge in [0.2, 0.25) is 5.91 Å². The number of hydrogen-bond acceptors (Lipinski definition) is 5. The summed E-state index contributed by atoms with van der Waals surface area (Å²) >= 11 is 6.02. The van der Waals surface area contributed by atoms with Crippen LogP contribution in [0.5, 0.6) is 0 Å². The maximum absolute atomic E-state index is 15.4. The Bertz CT molecular complexity index is 1740. The molecule has 1 unspecified atom stereocenters. The molecule has 10 heteroatoms. The molecule has 6 rings (SSSR count). The van der Waals surface area contributed by atoms with Crippen molar-refractivity contribution in [2.45, 2.75) is 12.5 Å². The minimum Gasteiger partial charge on any atom is -0.368 e. The van der Waals surface area contributed by atoms with Crippen LogP contribution < -0.4 is 20.4 Å². The van der Waals surface area contributed by atoms with Crippen LogP contribution in [0.4, 0.5) is 21.5 Å². The fourth-order valence-electron chi connectivity index (χ4n) is 5.39. The van der Waals surface area contributed by atoms with Gasteiger partial charge in [-0.05, 0) is 66.2 Å². The summed E-state index contributed by atoms with van der Waals surface area (Å²) in [5.74, 6) is -1.72. The first-order chi connectivity index (χ1) is 20.9. The Morgan fingerprint density at radius 1 is 0.907 bits per heavy atom. The number of carbonyl (C=O) groups excluding carboxylic acids is 2. The standard InChI is InChI=1S/C33H30ClFN6O2/c34-23-5-7-25(8-6-23)40-15-17-41(18-16-40)26-9-10-28(29(35)20-26)32(42)39-31(33(43)38-24-11-13-36-14-12-24)19-22-21-37-30-4-2-1-3-27(22)30/h1-14,20-21,31,37H,15-19H2,(H,39,42)(H,36,38,43). The van der Waals surface area contributed by atoms with E-state index >= 15 is 4.39 Å². The molecule has 3 aromatic carbocycles. The summed E-state index contributed by atoms with van der Waals surface area (Å²) in [4.78, 5) is 38.3. The van der Waals surface area contributed by atoms with Crippen molar-refractivity contribution in [2.75, 3.05) is 41.3 Å². The molecule has 1 aliphatic heterocycles. The summed E-state index contributed by atoms with van der Waals surface area (Å²) in [6.07, 6.45) is 5.17. The maximum atomic E-state index is 15.4. The van der Waals surface area contributed by atoms with Gasteiger partial charge in [0.1, 0.15) is 11.9 Å². The highest BCUT2D eigenvalue weighted by Gasteiger charge is 2.26. The van der Waals surface area contributed by atoms with Crippen molar-refractivity contribution in [3.63, 3.8) is 0 Å². The van der Waals surface area contributed by atoms with E-state index in [2.05, 4.69) is 30.4 Å². The van der Waals surface area contributed by atoms with E-state index in [0.29, 0.717) is 29.5 Å². The third-order valence-corrected chi connectivity index (χ3v) is 7.95. The lowest BCUT2D eigenvalue weighted by atomic mass is 10.0. The average molecular weight is 597 g/mol. The van der Waals surface area contributed by atoms with E-state index < -0.39 is 23.7 Å². The molecule has 1 fully saturated rings. The molecule has 218 valence electrons. The molecule has 5 aromatic rings. The second-order valence-corrected chi connectivity index (χ2v) is 10.9. The second kappa shape index (κ2) is 12.5. The van der Waals surface area contributed by atoms with Gasteiger partial charge in [0, 0.05) is 84.2 Å². The van der Waals surface area contributed by atoms with Gasteiger partial charge in [-0.2, -0.15) is 0 Å². The van der Waals surface area contributed by atoms with Crippen LogP contribution in [0, 0.1) is 5.82 Å². The number of aromatic amines is 1. The van der Waals surface area contributed by atoms with Gasteiger partial charge in [-0.25, -0.2) is 4.39 Å². The third kappa shape index (κ3) is 6.47. The van der Waals surface area contributed by atoms with E-state index in [1.54, 1.807) is 30.6 Å². The first kappa shape index (κ1) is 28.2. The molecular weight excluding hydrogens is 567 g/mol. The molecule has 2 aromatic heterocycles. The monoisotopic (exact) mass is 596 g/mol. The van der Waals surface area contributed by atoms with Crippen LogP contribution in [-0.2, 0) is 11.2 Å². The smallest absolute Gasteiger partial charge is 0.254 e. The lowest BCUT2D eigenvalue weighted by Crippen LogP contribution is -2.46. The molecule has 1 aliphatic rings. The minimum absolute atomic E-state index is 0.121. The van der Waals surface area contributed by atoms with E-state index in [9.17, 15) is 9.59 Å². The molecule has 1 saturated heterocycles. The van der Waals surface area contributed by atoms with Gasteiger partial charge in [-0.1, -0.05) is 29.8 Å². The average Bonchev–Trinajstić information content (AvgIpc) is 3.44. The number of benzene rings is 3. The number of halogens is 2. The first-order valence-corrected chi connectivity index (χ1v) is 14.4. The van der Waals surface area contributed by atoms with Crippen molar-refractivity contribution in [3.05, 3.63) is 119 Å². The van der Waals surface area contributed by atoms with Gasteiger partial charge in [-0.3, -0.25) is 14.6 Å². The van der Waals surface area contributed by atoms with E-state index in [4.69, 9.17) is 11.6 Å². The zero-order valence-electron chi connectivity index (χ0n) is 23.3. The van der Waals surface area contributed by atoms with Crippen LogP contribution in [0.1, 0.15) is 15.9 Å². The Morgan fingerprint density at radius 2 is 1.58 bits per heavy atom. The normalized spacial score (nSPS) is 14.0. The predicted octanol–water partition coefficient (Wildman–Crippen LogP) is 5.66. The first-order valence-electron chi connectivity index (χ1n) is 14.1. The molecule has 0 radical (unpaired) electrons. The quantitative estimate of drug-likeness (QED) is 0.215. The number of nitrogens with zero attached hydrogens (tertiary/aromatic N) is 3. The van der Waals surface area contributed by atoms with Gasteiger partial charge in [0.15, 0.2) is 0 Å². The zero-order valence-corrected chi connectivity index (χ0v) is 24.0. The van der Waals surface area contributed by atoms with Gasteiger partial charge < -0.3 is 25.4 Å². The van der Waals surface area contributed by atoms with Crippen molar-refractivity contribution >= 4 is 51.4 Å². The number of piperazine rings is 1. The van der Waals surface area contributed by atoms with E-state index in [0.717, 1.165) is 35.2 Å². The minimum atomic E-state index is -0.958. The van der Waals surface area contributed by atoms with Crippen LogP contribution in [-0.4, -0.2) is 54.0 Å². The van der Waals surface area contributed by atoms with Crippen molar-refractivity contribution in [1.29, 1.82) is 0 Å². The van der Waals surface area contributed by atoms with E-state index in [1.165, 1.54) is 12.1 Å². The Hall–Kier alpha value is -4.89. The van der Waals surface area contributed by atoms with Crippen molar-refractivity contribution < 1.29 is 14.0 Å². The zero-order chi connectivity index (χ0) is 29.8. The molecule has 0 aliphatic carbocycles. The number of fused-ring (bicyclic) bond motifs is 1. The van der Waals surface area contributed by atoms with Gasteiger partial charge in [-0.15, -0.1) is 0 Å². The number of amides is 2. The molecule has 3 N–H and O–H groups in total. The molecule has 0 spiro atoms. The summed E-state index contributed by atoms with van der Waals surface area (Å²) in [6, 6.07) is 22.4. The van der Waals surface area contributed by atoms with Crippen LogP contribution in [0.15, 0.2) is 97.5 Å². The van der Waals surface area contributed by atoms with Crippen molar-refractivity contribution in [2.24, 2.45) is 0 Å². The Kier molecular flexibility index (Phi) is 8.24. The van der Waals surface area contributed by atoms with Crippen molar-refractivity contribution in [3.8, 4) is 0 Å². The molecule has 1 atom stereocenters. The summed E-state index contributed by atoms with van der Waals surface area (Å²) in [6.45, 7) is 2.95. The number of carbonyl (C=O) groups is 2. The molecule has 0 bridgehead atoms. The lowest BCUT2D eigenvalue weighted by Gasteiger charge is -2.37. The number of nitrogens with one attached hydrogen (secondary N) is 3. The second-order valence-electron chi connectivity index (χ2n) is 10.4. The number of aromatic nitrogens is 2. The fraction of sp³-hybridized carbons (Fsp3) is 0.182. The van der Waals surface area contributed by atoms with Gasteiger partial charge in [0.25, 0.3) is 5.91 Å². The Balaban J connectivity index is 1.16. The molecule has 8 nitrogen and oxygen atoms in total. The van der Waals surface area contributed by atoms with Crippen LogP contribution >= 0.6 is 11.6 Å². The summed E-state index contributed by atoms with van der Waals surface area (Å²) in [5, 5.41) is 7.25. The largest absolute Gasteiger partial charge is 0.368 e. The summed E-state index contributed by atoms with van der Waals surface area (Å²) in [7, 11) is 0. The lowest BCUT2D eigenvalue weighted by molar-refractivity contribution is -0.118. The Morgan fingerprint density at radius 3 is 2.30 bits per heavy atom. The van der Waals surface area contributed by atoms with E-state index in [-0.39, 0.29) is 12.0 Å². The number of hydrogen-bond donors (Lipinski definition) is 3. The molecule has 2 amide bonds. The number of para-hydroxylation sites is 1. The summed E-state index contributed by atoms with van der Waals surface area (Å²) < 4.78 is 15.4. The molecule has 3 heterocycles. The highest BCUT2D eigenvalue weighted by Crippen LogP contribution is 2.25. The summed E-state index contributed by atoms with van der Waals surface area (Å²) in [5.41, 5.74) is 4.01. The highest BCUT2D eigenvalue weighted by atomic mass is 35.5. The van der Waals surface area contributed by atoms with Crippen molar-refractivity contribution in [1.82, 2.24) is 15.3 Å².